The monoisotopic (exact) mass is 304 g/mol. The summed E-state index contributed by atoms with van der Waals surface area (Å²) in [6, 6.07) is 0. The lowest BCUT2D eigenvalue weighted by molar-refractivity contribution is -0.107. The van der Waals surface area contributed by atoms with Crippen LogP contribution in [0.25, 0.3) is 0 Å². The average Bonchev–Trinajstić information content (AvgIpc) is 2.50. The highest BCUT2D eigenvalue weighted by atomic mass is 16.5. The Morgan fingerprint density at radius 1 is 1.00 bits per heavy atom. The highest BCUT2D eigenvalue weighted by Crippen LogP contribution is 2.38. The van der Waals surface area contributed by atoms with Gasteiger partial charge < -0.3 is 14.3 Å². The Labute approximate surface area is 134 Å². The summed E-state index contributed by atoms with van der Waals surface area (Å²) in [5, 5.41) is 0. The van der Waals surface area contributed by atoms with Crippen LogP contribution in [0.1, 0.15) is 48.4 Å². The minimum Gasteiger partial charge on any atom is -0.496 e. The van der Waals surface area contributed by atoms with Crippen molar-refractivity contribution in [3.05, 3.63) is 33.9 Å². The molecule has 22 heavy (non-hydrogen) atoms. The van der Waals surface area contributed by atoms with E-state index in [0.29, 0.717) is 6.42 Å². The molecule has 0 bridgehead atoms. The summed E-state index contributed by atoms with van der Waals surface area (Å²) in [5.74, 6) is 1.90. The maximum absolute atomic E-state index is 10.4. The fraction of sp³-hybridized carbons (Fsp3) is 0.526. The second-order valence-electron chi connectivity index (χ2n) is 5.73. The van der Waals surface area contributed by atoms with Gasteiger partial charge in [-0.2, -0.15) is 0 Å². The number of ether oxygens (including phenoxy) is 2. The van der Waals surface area contributed by atoms with Crippen molar-refractivity contribution in [3.63, 3.8) is 0 Å². The summed E-state index contributed by atoms with van der Waals surface area (Å²) < 4.78 is 11.2. The summed E-state index contributed by atoms with van der Waals surface area (Å²) in [7, 11) is 3.43. The predicted octanol–water partition coefficient (Wildman–Crippen LogP) is 4.49. The zero-order chi connectivity index (χ0) is 16.7. The van der Waals surface area contributed by atoms with Gasteiger partial charge in [0.25, 0.3) is 0 Å². The number of carbonyl (C=O) groups is 1. The molecular formula is C19H28O3. The molecule has 3 nitrogen and oxygen atoms in total. The first kappa shape index (κ1) is 18.3. The van der Waals surface area contributed by atoms with Crippen molar-refractivity contribution in [2.24, 2.45) is 0 Å². The van der Waals surface area contributed by atoms with Crippen LogP contribution in [0.2, 0.25) is 0 Å². The van der Waals surface area contributed by atoms with Gasteiger partial charge in [-0.1, -0.05) is 11.6 Å². The molecule has 0 saturated heterocycles. The van der Waals surface area contributed by atoms with Crippen LogP contribution in [0.5, 0.6) is 11.5 Å². The molecule has 0 fully saturated rings. The fourth-order valence-electron chi connectivity index (χ4n) is 2.83. The SMILES string of the molecule is COc1c(C)c(C)c(OC)c(CC=C(C)CCCC=O)c1C. The molecule has 0 aliphatic rings. The summed E-state index contributed by atoms with van der Waals surface area (Å²) in [6.07, 6.45) is 6.53. The molecule has 0 spiro atoms. The standard InChI is InChI=1S/C19H28O3/c1-13(9-7-8-12-20)10-11-17-16(4)18(21-5)14(2)15(3)19(17)22-6/h10,12H,7-9,11H2,1-6H3. The number of methoxy groups -OCH3 is 2. The summed E-state index contributed by atoms with van der Waals surface area (Å²) in [4.78, 5) is 10.4. The molecule has 1 aromatic rings. The van der Waals surface area contributed by atoms with E-state index in [1.165, 1.54) is 11.1 Å². The lowest BCUT2D eigenvalue weighted by Crippen LogP contribution is -2.03. The molecule has 0 unspecified atom stereocenters. The van der Waals surface area contributed by atoms with Crippen molar-refractivity contribution in [3.8, 4) is 11.5 Å². The van der Waals surface area contributed by atoms with Crippen LogP contribution in [-0.2, 0) is 11.2 Å². The van der Waals surface area contributed by atoms with Gasteiger partial charge in [0.15, 0.2) is 0 Å². The number of rotatable bonds is 8. The second kappa shape index (κ2) is 8.62. The van der Waals surface area contributed by atoms with E-state index in [1.54, 1.807) is 14.2 Å². The van der Waals surface area contributed by atoms with Crippen molar-refractivity contribution in [2.75, 3.05) is 14.2 Å². The smallest absolute Gasteiger partial charge is 0.126 e. The molecule has 1 rings (SSSR count). The largest absolute Gasteiger partial charge is 0.496 e. The third-order valence-electron chi connectivity index (χ3n) is 4.27. The summed E-state index contributed by atoms with van der Waals surface area (Å²) in [6.45, 7) is 8.33. The topological polar surface area (TPSA) is 35.5 Å². The van der Waals surface area contributed by atoms with E-state index in [1.807, 2.05) is 0 Å². The Balaban J connectivity index is 3.10. The third-order valence-corrected chi connectivity index (χ3v) is 4.27. The van der Waals surface area contributed by atoms with Crippen molar-refractivity contribution < 1.29 is 14.3 Å². The van der Waals surface area contributed by atoms with Crippen molar-refractivity contribution in [1.82, 2.24) is 0 Å². The number of hydrogen-bond acceptors (Lipinski definition) is 3. The zero-order valence-corrected chi connectivity index (χ0v) is 14.7. The van der Waals surface area contributed by atoms with Crippen LogP contribution in [-0.4, -0.2) is 20.5 Å². The van der Waals surface area contributed by atoms with E-state index in [4.69, 9.17) is 9.47 Å². The van der Waals surface area contributed by atoms with Gasteiger partial charge in [0.05, 0.1) is 14.2 Å². The van der Waals surface area contributed by atoms with E-state index in [9.17, 15) is 4.79 Å². The van der Waals surface area contributed by atoms with Crippen LogP contribution >= 0.6 is 0 Å². The van der Waals surface area contributed by atoms with E-state index < -0.39 is 0 Å². The molecule has 0 saturated carbocycles. The number of carbonyl (C=O) groups excluding carboxylic acids is 1. The third kappa shape index (κ3) is 4.12. The lowest BCUT2D eigenvalue weighted by Gasteiger charge is -2.20. The van der Waals surface area contributed by atoms with Gasteiger partial charge in [0.1, 0.15) is 17.8 Å². The van der Waals surface area contributed by atoms with E-state index in [2.05, 4.69) is 33.8 Å². The van der Waals surface area contributed by atoms with E-state index in [-0.39, 0.29) is 0 Å². The molecular weight excluding hydrogens is 276 g/mol. The van der Waals surface area contributed by atoms with Crippen molar-refractivity contribution >= 4 is 6.29 Å². The maximum Gasteiger partial charge on any atom is 0.126 e. The van der Waals surface area contributed by atoms with Crippen LogP contribution in [0.15, 0.2) is 11.6 Å². The van der Waals surface area contributed by atoms with E-state index in [0.717, 1.165) is 53.7 Å². The molecule has 0 aromatic heterocycles. The highest BCUT2D eigenvalue weighted by Gasteiger charge is 2.17. The Bertz CT molecular complexity index is 557. The highest BCUT2D eigenvalue weighted by molar-refractivity contribution is 5.58. The summed E-state index contributed by atoms with van der Waals surface area (Å²) >= 11 is 0. The molecule has 0 heterocycles. The first-order chi connectivity index (χ1) is 10.5. The van der Waals surface area contributed by atoms with Gasteiger partial charge in [0.2, 0.25) is 0 Å². The van der Waals surface area contributed by atoms with E-state index >= 15 is 0 Å². The molecule has 0 aliphatic carbocycles. The second-order valence-corrected chi connectivity index (χ2v) is 5.73. The number of aldehydes is 1. The number of unbranched alkanes of at least 4 members (excludes halogenated alkanes) is 1. The first-order valence-electron chi connectivity index (χ1n) is 7.77. The maximum atomic E-state index is 10.4. The van der Waals surface area contributed by atoms with Crippen LogP contribution in [0.4, 0.5) is 0 Å². The Hall–Kier alpha value is -1.77. The van der Waals surface area contributed by atoms with Gasteiger partial charge in [-0.3, -0.25) is 0 Å². The van der Waals surface area contributed by atoms with Gasteiger partial charge in [-0.05, 0) is 63.6 Å². The van der Waals surface area contributed by atoms with Gasteiger partial charge in [0, 0.05) is 12.0 Å². The van der Waals surface area contributed by atoms with Gasteiger partial charge in [-0.15, -0.1) is 0 Å². The Kier molecular flexibility index (Phi) is 7.16. The van der Waals surface area contributed by atoms with Gasteiger partial charge >= 0.3 is 0 Å². The fourth-order valence-corrected chi connectivity index (χ4v) is 2.83. The number of allylic oxidation sites excluding steroid dienone is 2. The number of benzene rings is 1. The molecule has 0 aliphatic heterocycles. The molecule has 0 amide bonds. The molecule has 0 radical (unpaired) electrons. The van der Waals surface area contributed by atoms with Crippen LogP contribution in [0, 0.1) is 20.8 Å². The van der Waals surface area contributed by atoms with Gasteiger partial charge in [-0.25, -0.2) is 0 Å². The normalized spacial score (nSPS) is 11.5. The molecule has 1 aromatic carbocycles. The number of hydrogen-bond donors (Lipinski definition) is 0. The minimum atomic E-state index is 0.630. The quantitative estimate of drug-likeness (QED) is 0.403. The molecule has 0 atom stereocenters. The summed E-state index contributed by atoms with van der Waals surface area (Å²) in [5.41, 5.74) is 5.89. The molecule has 3 heteroatoms. The minimum absolute atomic E-state index is 0.630. The lowest BCUT2D eigenvalue weighted by atomic mass is 9.94. The zero-order valence-electron chi connectivity index (χ0n) is 14.7. The van der Waals surface area contributed by atoms with Crippen molar-refractivity contribution in [1.29, 1.82) is 0 Å². The Morgan fingerprint density at radius 3 is 2.14 bits per heavy atom. The van der Waals surface area contributed by atoms with Crippen molar-refractivity contribution in [2.45, 2.75) is 53.4 Å². The van der Waals surface area contributed by atoms with Crippen LogP contribution in [0.3, 0.4) is 0 Å². The molecule has 0 N–H and O–H groups in total. The predicted molar refractivity (Wildman–Crippen MR) is 91.1 cm³/mol. The first-order valence-corrected chi connectivity index (χ1v) is 7.77. The average molecular weight is 304 g/mol. The molecule has 122 valence electrons. The van der Waals surface area contributed by atoms with Crippen LogP contribution < -0.4 is 9.47 Å². The Morgan fingerprint density at radius 2 is 1.59 bits per heavy atom.